The van der Waals surface area contributed by atoms with E-state index in [9.17, 15) is 5.11 Å². The van der Waals surface area contributed by atoms with Gasteiger partial charge in [0.05, 0.1) is 13.2 Å². The van der Waals surface area contributed by atoms with Crippen molar-refractivity contribution >= 4 is 16.6 Å². The first-order valence-corrected chi connectivity index (χ1v) is 9.52. The molecule has 0 saturated carbocycles. The van der Waals surface area contributed by atoms with E-state index in [4.69, 9.17) is 4.74 Å². The van der Waals surface area contributed by atoms with Crippen molar-refractivity contribution in [1.82, 2.24) is 9.88 Å². The molecule has 5 nitrogen and oxygen atoms in total. The van der Waals surface area contributed by atoms with Gasteiger partial charge in [0.25, 0.3) is 0 Å². The Balaban J connectivity index is 1.39. The SMILES string of the molecule is COc1ccc(N2CCN(CC(O)c3c(C)[nH]c4ccccc34)CC2)cc1. The van der Waals surface area contributed by atoms with Crippen LogP contribution < -0.4 is 9.64 Å². The van der Waals surface area contributed by atoms with E-state index in [0.717, 1.165) is 54.1 Å². The van der Waals surface area contributed by atoms with Crippen LogP contribution in [0, 0.1) is 6.92 Å². The lowest BCUT2D eigenvalue weighted by Gasteiger charge is -2.37. The summed E-state index contributed by atoms with van der Waals surface area (Å²) >= 11 is 0. The number of hydrogen-bond donors (Lipinski definition) is 2. The Morgan fingerprint density at radius 2 is 1.74 bits per heavy atom. The summed E-state index contributed by atoms with van der Waals surface area (Å²) in [5, 5.41) is 12.0. The zero-order valence-electron chi connectivity index (χ0n) is 16.0. The highest BCUT2D eigenvalue weighted by molar-refractivity contribution is 5.84. The van der Waals surface area contributed by atoms with E-state index in [2.05, 4.69) is 39.0 Å². The number of nitrogens with zero attached hydrogens (tertiary/aromatic N) is 2. The smallest absolute Gasteiger partial charge is 0.119 e. The Morgan fingerprint density at radius 1 is 1.04 bits per heavy atom. The number of H-pyrrole nitrogens is 1. The van der Waals surface area contributed by atoms with Gasteiger partial charge in [-0.1, -0.05) is 18.2 Å². The first-order chi connectivity index (χ1) is 13.2. The number of β-amino-alcohol motifs (C(OH)–C–C–N with tert-alkyl or cyclic N) is 1. The van der Waals surface area contributed by atoms with E-state index < -0.39 is 6.10 Å². The van der Waals surface area contributed by atoms with Gasteiger partial charge in [0.2, 0.25) is 0 Å². The molecule has 2 N–H and O–H groups in total. The van der Waals surface area contributed by atoms with Crippen LogP contribution in [-0.2, 0) is 0 Å². The number of rotatable bonds is 5. The van der Waals surface area contributed by atoms with Crippen molar-refractivity contribution in [1.29, 1.82) is 0 Å². The molecular formula is C22H27N3O2. The number of anilines is 1. The molecule has 5 heteroatoms. The molecule has 1 atom stereocenters. The quantitative estimate of drug-likeness (QED) is 0.728. The molecule has 1 aromatic heterocycles. The van der Waals surface area contributed by atoms with Gasteiger partial charge in [-0.3, -0.25) is 4.90 Å². The van der Waals surface area contributed by atoms with Crippen LogP contribution in [0.25, 0.3) is 10.9 Å². The number of nitrogens with one attached hydrogen (secondary N) is 1. The molecule has 2 aromatic carbocycles. The highest BCUT2D eigenvalue weighted by Crippen LogP contribution is 2.29. The number of aromatic amines is 1. The number of benzene rings is 2. The van der Waals surface area contributed by atoms with E-state index in [1.54, 1.807) is 7.11 Å². The average molecular weight is 365 g/mol. The fourth-order valence-electron chi connectivity index (χ4n) is 4.05. The first-order valence-electron chi connectivity index (χ1n) is 9.52. The Kier molecular flexibility index (Phi) is 5.05. The molecule has 1 aliphatic heterocycles. The summed E-state index contributed by atoms with van der Waals surface area (Å²) in [5.74, 6) is 0.884. The molecule has 0 aliphatic carbocycles. The van der Waals surface area contributed by atoms with Crippen LogP contribution in [0.5, 0.6) is 5.75 Å². The summed E-state index contributed by atoms with van der Waals surface area (Å²) in [6, 6.07) is 16.4. The standard InChI is InChI=1S/C22H27N3O2/c1-16-22(19-5-3-4-6-20(19)23-16)21(26)15-24-11-13-25(14-12-24)17-7-9-18(27-2)10-8-17/h3-10,21,23,26H,11-15H2,1-2H3. The number of fused-ring (bicyclic) bond motifs is 1. The zero-order valence-corrected chi connectivity index (χ0v) is 16.0. The summed E-state index contributed by atoms with van der Waals surface area (Å²) in [6.45, 7) is 6.53. The van der Waals surface area contributed by atoms with Crippen molar-refractivity contribution < 1.29 is 9.84 Å². The molecule has 4 rings (SSSR count). The highest BCUT2D eigenvalue weighted by atomic mass is 16.5. The number of methoxy groups -OCH3 is 1. The zero-order chi connectivity index (χ0) is 18.8. The predicted molar refractivity (Wildman–Crippen MR) is 110 cm³/mol. The van der Waals surface area contributed by atoms with Crippen molar-refractivity contribution in [3.8, 4) is 5.75 Å². The normalized spacial score (nSPS) is 16.6. The minimum Gasteiger partial charge on any atom is -0.497 e. The van der Waals surface area contributed by atoms with Gasteiger partial charge in [-0.25, -0.2) is 0 Å². The van der Waals surface area contributed by atoms with Crippen molar-refractivity contribution in [3.63, 3.8) is 0 Å². The predicted octanol–water partition coefficient (Wildman–Crippen LogP) is 3.34. The minimum absolute atomic E-state index is 0.478. The van der Waals surface area contributed by atoms with Crippen LogP contribution >= 0.6 is 0 Å². The number of aryl methyl sites for hydroxylation is 1. The molecule has 0 bridgehead atoms. The van der Waals surface area contributed by atoms with Gasteiger partial charge in [0, 0.05) is 60.6 Å². The van der Waals surface area contributed by atoms with Gasteiger partial charge in [-0.05, 0) is 37.3 Å². The molecule has 0 radical (unpaired) electrons. The number of piperazine rings is 1. The van der Waals surface area contributed by atoms with Gasteiger partial charge in [-0.15, -0.1) is 0 Å². The highest BCUT2D eigenvalue weighted by Gasteiger charge is 2.23. The van der Waals surface area contributed by atoms with Crippen molar-refractivity contribution in [3.05, 3.63) is 59.8 Å². The summed E-state index contributed by atoms with van der Waals surface area (Å²) < 4.78 is 5.24. The molecule has 1 unspecified atom stereocenters. The van der Waals surface area contributed by atoms with Crippen LogP contribution in [0.2, 0.25) is 0 Å². The molecule has 1 aliphatic rings. The third-order valence-corrected chi connectivity index (χ3v) is 5.52. The number of aromatic nitrogens is 1. The molecule has 142 valence electrons. The first kappa shape index (κ1) is 17.9. The summed E-state index contributed by atoms with van der Waals surface area (Å²) in [5.41, 5.74) is 4.40. The van der Waals surface area contributed by atoms with E-state index in [1.165, 1.54) is 5.69 Å². The molecule has 1 saturated heterocycles. The average Bonchev–Trinajstić information content (AvgIpc) is 3.04. The van der Waals surface area contributed by atoms with E-state index in [0.29, 0.717) is 6.54 Å². The van der Waals surface area contributed by atoms with Crippen LogP contribution in [0.4, 0.5) is 5.69 Å². The molecule has 1 fully saturated rings. The third-order valence-electron chi connectivity index (χ3n) is 5.52. The molecule has 2 heterocycles. The molecule has 0 spiro atoms. The molecular weight excluding hydrogens is 338 g/mol. The lowest BCUT2D eigenvalue weighted by molar-refractivity contribution is 0.110. The largest absolute Gasteiger partial charge is 0.497 e. The van der Waals surface area contributed by atoms with Crippen molar-refractivity contribution in [2.45, 2.75) is 13.0 Å². The van der Waals surface area contributed by atoms with E-state index >= 15 is 0 Å². The van der Waals surface area contributed by atoms with E-state index in [-0.39, 0.29) is 0 Å². The lowest BCUT2D eigenvalue weighted by Crippen LogP contribution is -2.47. The van der Waals surface area contributed by atoms with Crippen molar-refractivity contribution in [2.24, 2.45) is 0 Å². The van der Waals surface area contributed by atoms with Gasteiger partial charge in [0.1, 0.15) is 5.75 Å². The van der Waals surface area contributed by atoms with Gasteiger partial charge in [-0.2, -0.15) is 0 Å². The van der Waals surface area contributed by atoms with Crippen LogP contribution in [0.15, 0.2) is 48.5 Å². The Morgan fingerprint density at radius 3 is 2.44 bits per heavy atom. The number of hydrogen-bond acceptors (Lipinski definition) is 4. The Labute approximate surface area is 160 Å². The fraction of sp³-hybridized carbons (Fsp3) is 0.364. The van der Waals surface area contributed by atoms with Crippen LogP contribution in [0.3, 0.4) is 0 Å². The van der Waals surface area contributed by atoms with Gasteiger partial charge >= 0.3 is 0 Å². The summed E-state index contributed by atoms with van der Waals surface area (Å²) in [4.78, 5) is 8.13. The Bertz CT molecular complexity index is 896. The maximum atomic E-state index is 10.9. The second-order valence-corrected chi connectivity index (χ2v) is 7.21. The van der Waals surface area contributed by atoms with Crippen LogP contribution in [-0.4, -0.2) is 54.8 Å². The minimum atomic E-state index is -0.478. The Hall–Kier alpha value is -2.50. The number of aliphatic hydroxyl groups is 1. The maximum Gasteiger partial charge on any atom is 0.119 e. The summed E-state index contributed by atoms with van der Waals surface area (Å²) in [7, 11) is 1.69. The van der Waals surface area contributed by atoms with E-state index in [1.807, 2.05) is 31.2 Å². The number of para-hydroxylation sites is 1. The lowest BCUT2D eigenvalue weighted by atomic mass is 10.0. The number of aliphatic hydroxyl groups excluding tert-OH is 1. The maximum absolute atomic E-state index is 10.9. The second-order valence-electron chi connectivity index (χ2n) is 7.21. The molecule has 27 heavy (non-hydrogen) atoms. The second kappa shape index (κ2) is 7.62. The molecule has 0 amide bonds. The third kappa shape index (κ3) is 3.66. The fourth-order valence-corrected chi connectivity index (χ4v) is 4.05. The summed E-state index contributed by atoms with van der Waals surface area (Å²) in [6.07, 6.45) is -0.478. The van der Waals surface area contributed by atoms with Crippen LogP contribution in [0.1, 0.15) is 17.4 Å². The molecule has 3 aromatic rings. The monoisotopic (exact) mass is 365 g/mol. The van der Waals surface area contributed by atoms with Gasteiger partial charge < -0.3 is 19.7 Å². The topological polar surface area (TPSA) is 51.7 Å². The number of ether oxygens (including phenoxy) is 1. The van der Waals surface area contributed by atoms with Crippen molar-refractivity contribution in [2.75, 3.05) is 44.7 Å². The van der Waals surface area contributed by atoms with Gasteiger partial charge in [0.15, 0.2) is 0 Å².